The molecule has 2 fully saturated rings. The van der Waals surface area contributed by atoms with Gasteiger partial charge in [-0.25, -0.2) is 8.78 Å². The zero-order valence-electron chi connectivity index (χ0n) is 18.4. The Bertz CT molecular complexity index is 1280. The quantitative estimate of drug-likeness (QED) is 0.606. The zero-order valence-corrected chi connectivity index (χ0v) is 18.4. The first-order valence-electron chi connectivity index (χ1n) is 11.2. The average Bonchev–Trinajstić information content (AvgIpc) is 2.85. The van der Waals surface area contributed by atoms with Crippen LogP contribution in [0.4, 0.5) is 25.8 Å². The van der Waals surface area contributed by atoms with Crippen LogP contribution in [0.2, 0.25) is 0 Å². The molecular weight excluding hydrogens is 446 g/mol. The van der Waals surface area contributed by atoms with Gasteiger partial charge < -0.3 is 29.6 Å². The fraction of sp³-hybridized carbons (Fsp3) is 0.333. The third-order valence-corrected chi connectivity index (χ3v) is 6.01. The van der Waals surface area contributed by atoms with Crippen LogP contribution in [0.3, 0.4) is 0 Å². The molecule has 0 unspecified atom stereocenters. The van der Waals surface area contributed by atoms with E-state index in [2.05, 4.69) is 10.6 Å². The Balaban J connectivity index is 1.43. The van der Waals surface area contributed by atoms with E-state index in [9.17, 15) is 18.4 Å². The number of piperazine rings is 1. The van der Waals surface area contributed by atoms with Gasteiger partial charge in [0.1, 0.15) is 11.6 Å². The Morgan fingerprint density at radius 2 is 1.68 bits per heavy atom. The lowest BCUT2D eigenvalue weighted by Gasteiger charge is -2.29. The highest BCUT2D eigenvalue weighted by Gasteiger charge is 2.21. The molecule has 0 bridgehead atoms. The van der Waals surface area contributed by atoms with Gasteiger partial charge in [0.2, 0.25) is 0 Å². The lowest BCUT2D eigenvalue weighted by Crippen LogP contribution is -2.43. The van der Waals surface area contributed by atoms with Gasteiger partial charge in [-0.05, 0) is 24.3 Å². The summed E-state index contributed by atoms with van der Waals surface area (Å²) < 4.78 is 40.0. The Morgan fingerprint density at radius 1 is 0.941 bits per heavy atom. The molecule has 5 rings (SSSR count). The number of nitrogens with one attached hydrogen (secondary N) is 2. The first-order valence-corrected chi connectivity index (χ1v) is 11.2. The van der Waals surface area contributed by atoms with Gasteiger partial charge in [0.25, 0.3) is 5.91 Å². The predicted octanol–water partition coefficient (Wildman–Crippen LogP) is 2.57. The van der Waals surface area contributed by atoms with E-state index in [0.717, 1.165) is 12.1 Å². The fourth-order valence-corrected chi connectivity index (χ4v) is 4.30. The van der Waals surface area contributed by atoms with Gasteiger partial charge in [-0.1, -0.05) is 0 Å². The van der Waals surface area contributed by atoms with Crippen molar-refractivity contribution in [2.45, 2.75) is 0 Å². The van der Waals surface area contributed by atoms with Crippen molar-refractivity contribution < 1.29 is 22.7 Å². The number of morpholine rings is 1. The molecular formula is C24H24F2N4O4. The lowest BCUT2D eigenvalue weighted by atomic mass is 10.1. The SMILES string of the molecule is O=C(Nc1ccc(N2CCOCC2)c(F)c1)c1cc(=O)c2cc(F)cc(N3CCNCC3)c2o1. The second-order valence-corrected chi connectivity index (χ2v) is 8.23. The van der Waals surface area contributed by atoms with Crippen molar-refractivity contribution in [3.05, 3.63) is 64.0 Å². The molecule has 3 heterocycles. The number of carbonyl (C=O) groups is 1. The van der Waals surface area contributed by atoms with Crippen molar-refractivity contribution in [3.8, 4) is 0 Å². The first kappa shape index (κ1) is 22.3. The summed E-state index contributed by atoms with van der Waals surface area (Å²) in [4.78, 5) is 29.4. The largest absolute Gasteiger partial charge is 0.448 e. The van der Waals surface area contributed by atoms with E-state index < -0.39 is 23.0 Å². The van der Waals surface area contributed by atoms with Gasteiger partial charge in [0.05, 0.1) is 30.0 Å². The monoisotopic (exact) mass is 470 g/mol. The van der Waals surface area contributed by atoms with Crippen LogP contribution in [-0.4, -0.2) is 58.4 Å². The number of nitrogens with zero attached hydrogens (tertiary/aromatic N) is 2. The third-order valence-electron chi connectivity index (χ3n) is 6.01. The molecule has 2 saturated heterocycles. The van der Waals surface area contributed by atoms with Crippen LogP contribution >= 0.6 is 0 Å². The molecule has 2 aliphatic rings. The highest BCUT2D eigenvalue weighted by Crippen LogP contribution is 2.29. The summed E-state index contributed by atoms with van der Waals surface area (Å²) in [5.41, 5.74) is 0.694. The molecule has 2 aliphatic heterocycles. The van der Waals surface area contributed by atoms with Crippen LogP contribution < -0.4 is 25.9 Å². The van der Waals surface area contributed by atoms with E-state index in [1.807, 2.05) is 9.80 Å². The van der Waals surface area contributed by atoms with E-state index in [-0.39, 0.29) is 22.4 Å². The van der Waals surface area contributed by atoms with E-state index in [1.54, 1.807) is 12.1 Å². The van der Waals surface area contributed by atoms with Crippen LogP contribution in [0.5, 0.6) is 0 Å². The highest BCUT2D eigenvalue weighted by molar-refractivity contribution is 6.03. The molecule has 0 saturated carbocycles. The molecule has 0 spiro atoms. The maximum atomic E-state index is 14.7. The molecule has 10 heteroatoms. The van der Waals surface area contributed by atoms with E-state index in [0.29, 0.717) is 63.9 Å². The molecule has 2 aromatic carbocycles. The Morgan fingerprint density at radius 3 is 2.41 bits per heavy atom. The summed E-state index contributed by atoms with van der Waals surface area (Å²) in [6.07, 6.45) is 0. The number of fused-ring (bicyclic) bond motifs is 1. The molecule has 3 aromatic rings. The standard InChI is InChI=1S/C24H24F2N4O4/c25-15-11-17-21(31)14-22(34-23(17)20(12-15)29-5-3-27-4-6-29)24(32)28-16-1-2-19(18(26)13-16)30-7-9-33-10-8-30/h1-2,11-14,27H,3-10H2,(H,28,32). The average molecular weight is 470 g/mol. The summed E-state index contributed by atoms with van der Waals surface area (Å²) in [6, 6.07) is 7.84. The van der Waals surface area contributed by atoms with Crippen LogP contribution in [0.1, 0.15) is 10.6 Å². The number of hydrogen-bond donors (Lipinski definition) is 2. The molecule has 2 N–H and O–H groups in total. The fourth-order valence-electron chi connectivity index (χ4n) is 4.30. The van der Waals surface area contributed by atoms with Gasteiger partial charge in [0, 0.05) is 57.1 Å². The molecule has 8 nitrogen and oxygen atoms in total. The molecule has 0 aliphatic carbocycles. The second-order valence-electron chi connectivity index (χ2n) is 8.23. The second kappa shape index (κ2) is 9.40. The highest BCUT2D eigenvalue weighted by atomic mass is 19.1. The Hall–Kier alpha value is -3.50. The van der Waals surface area contributed by atoms with Gasteiger partial charge >= 0.3 is 0 Å². The zero-order chi connectivity index (χ0) is 23.7. The number of halogens is 2. The predicted molar refractivity (Wildman–Crippen MR) is 125 cm³/mol. The normalized spacial score (nSPS) is 16.6. The number of carbonyl (C=O) groups excluding carboxylic acids is 1. The molecule has 0 atom stereocenters. The summed E-state index contributed by atoms with van der Waals surface area (Å²) in [5, 5.41) is 5.85. The van der Waals surface area contributed by atoms with Crippen molar-refractivity contribution in [1.82, 2.24) is 5.32 Å². The maximum absolute atomic E-state index is 14.7. The number of hydrogen-bond acceptors (Lipinski definition) is 7. The van der Waals surface area contributed by atoms with Gasteiger partial charge in [-0.3, -0.25) is 9.59 Å². The first-order chi connectivity index (χ1) is 16.5. The molecule has 1 amide bonds. The summed E-state index contributed by atoms with van der Waals surface area (Å²) in [7, 11) is 0. The third kappa shape index (κ3) is 4.46. The summed E-state index contributed by atoms with van der Waals surface area (Å²) in [6.45, 7) is 4.84. The Labute approximate surface area is 194 Å². The van der Waals surface area contributed by atoms with Crippen molar-refractivity contribution in [2.24, 2.45) is 0 Å². The van der Waals surface area contributed by atoms with Crippen LogP contribution in [0.25, 0.3) is 11.0 Å². The molecule has 34 heavy (non-hydrogen) atoms. The molecule has 178 valence electrons. The Kier molecular flexibility index (Phi) is 6.16. The van der Waals surface area contributed by atoms with E-state index in [4.69, 9.17) is 9.15 Å². The van der Waals surface area contributed by atoms with Gasteiger partial charge in [-0.2, -0.15) is 0 Å². The molecule has 1 aromatic heterocycles. The number of ether oxygens (including phenoxy) is 1. The maximum Gasteiger partial charge on any atom is 0.291 e. The van der Waals surface area contributed by atoms with Crippen LogP contribution in [0, 0.1) is 11.6 Å². The van der Waals surface area contributed by atoms with E-state index in [1.165, 1.54) is 12.1 Å². The van der Waals surface area contributed by atoms with Gasteiger partial charge in [-0.15, -0.1) is 0 Å². The smallest absolute Gasteiger partial charge is 0.291 e. The van der Waals surface area contributed by atoms with Crippen molar-refractivity contribution >= 4 is 33.9 Å². The summed E-state index contributed by atoms with van der Waals surface area (Å²) >= 11 is 0. The van der Waals surface area contributed by atoms with Crippen molar-refractivity contribution in [3.63, 3.8) is 0 Å². The van der Waals surface area contributed by atoms with Crippen LogP contribution in [-0.2, 0) is 4.74 Å². The minimum Gasteiger partial charge on any atom is -0.448 e. The molecule has 0 radical (unpaired) electrons. The topological polar surface area (TPSA) is 87.1 Å². The van der Waals surface area contributed by atoms with Crippen molar-refractivity contribution in [2.75, 3.05) is 67.6 Å². The minimum atomic E-state index is -0.701. The summed E-state index contributed by atoms with van der Waals surface area (Å²) in [5.74, 6) is -1.97. The lowest BCUT2D eigenvalue weighted by molar-refractivity contribution is 0.0997. The van der Waals surface area contributed by atoms with Crippen LogP contribution in [0.15, 0.2) is 45.6 Å². The van der Waals surface area contributed by atoms with E-state index >= 15 is 0 Å². The number of amides is 1. The number of rotatable bonds is 4. The van der Waals surface area contributed by atoms with Gasteiger partial charge in [0.15, 0.2) is 16.8 Å². The number of anilines is 3. The minimum absolute atomic E-state index is 0.0611. The number of benzene rings is 2. The van der Waals surface area contributed by atoms with Crippen molar-refractivity contribution in [1.29, 1.82) is 0 Å².